The molecule has 3 N–H and O–H groups in total. The van der Waals surface area contributed by atoms with Crippen LogP contribution in [0.3, 0.4) is 0 Å². The standard InChI is InChI=1S/C24H23N3O6S/c1-16-11-12-18(13-22(16)34(30,31)25-14-17-7-3-2-4-8-17)23(28)26-27-24(29)21-15-32-19-9-5-6-10-20(19)33-21/h2-13,21,25H,14-15H2,1H3,(H,26,28)(H,27,29)/t21-/m1/s1. The van der Waals surface area contributed by atoms with Crippen LogP contribution in [-0.4, -0.2) is 32.9 Å². The molecule has 1 heterocycles. The molecular formula is C24H23N3O6S. The lowest BCUT2D eigenvalue weighted by Crippen LogP contribution is -2.50. The molecule has 0 aliphatic carbocycles. The molecule has 0 spiro atoms. The molecule has 0 bridgehead atoms. The Morgan fingerprint density at radius 3 is 2.41 bits per heavy atom. The SMILES string of the molecule is Cc1ccc(C(=O)NNC(=O)[C@H]2COc3ccccc3O2)cc1S(=O)(=O)NCc1ccccc1. The second kappa shape index (κ2) is 9.94. The Balaban J connectivity index is 1.39. The van der Waals surface area contributed by atoms with Gasteiger partial charge < -0.3 is 9.47 Å². The molecule has 3 aromatic rings. The smallest absolute Gasteiger partial charge is 0.283 e. The molecule has 3 aromatic carbocycles. The van der Waals surface area contributed by atoms with Crippen molar-refractivity contribution < 1.29 is 27.5 Å². The number of aryl methyl sites for hydroxylation is 1. The number of hydrogen-bond acceptors (Lipinski definition) is 6. The maximum absolute atomic E-state index is 12.8. The zero-order valence-corrected chi connectivity index (χ0v) is 19.1. The average Bonchev–Trinajstić information content (AvgIpc) is 2.86. The minimum absolute atomic E-state index is 0.0152. The molecule has 34 heavy (non-hydrogen) atoms. The van der Waals surface area contributed by atoms with E-state index in [1.807, 2.05) is 30.3 Å². The fourth-order valence-corrected chi connectivity index (χ4v) is 4.59. The summed E-state index contributed by atoms with van der Waals surface area (Å²) in [6, 6.07) is 20.3. The molecule has 0 unspecified atom stereocenters. The van der Waals surface area contributed by atoms with Crippen LogP contribution in [0.4, 0.5) is 0 Å². The Kier molecular flexibility index (Phi) is 6.80. The topological polar surface area (TPSA) is 123 Å². The van der Waals surface area contributed by atoms with Gasteiger partial charge in [0.05, 0.1) is 4.90 Å². The number of hydrazine groups is 1. The summed E-state index contributed by atoms with van der Waals surface area (Å²) in [4.78, 5) is 25.0. The molecule has 0 saturated heterocycles. The molecule has 176 valence electrons. The van der Waals surface area contributed by atoms with Gasteiger partial charge in [0.1, 0.15) is 6.61 Å². The van der Waals surface area contributed by atoms with Gasteiger partial charge >= 0.3 is 0 Å². The minimum Gasteiger partial charge on any atom is -0.485 e. The number of para-hydroxylation sites is 2. The summed E-state index contributed by atoms with van der Waals surface area (Å²) in [5.74, 6) is -0.321. The summed E-state index contributed by atoms with van der Waals surface area (Å²) in [5.41, 5.74) is 5.93. The van der Waals surface area contributed by atoms with E-state index >= 15 is 0 Å². The summed E-state index contributed by atoms with van der Waals surface area (Å²) < 4.78 is 39.3. The van der Waals surface area contributed by atoms with Gasteiger partial charge in [-0.2, -0.15) is 0 Å². The van der Waals surface area contributed by atoms with E-state index in [-0.39, 0.29) is 23.6 Å². The number of benzene rings is 3. The van der Waals surface area contributed by atoms with Crippen molar-refractivity contribution in [1.29, 1.82) is 0 Å². The molecule has 2 amide bonds. The van der Waals surface area contributed by atoms with Crippen LogP contribution in [0.1, 0.15) is 21.5 Å². The van der Waals surface area contributed by atoms with Crippen molar-refractivity contribution in [2.45, 2.75) is 24.5 Å². The van der Waals surface area contributed by atoms with Crippen molar-refractivity contribution in [2.24, 2.45) is 0 Å². The van der Waals surface area contributed by atoms with Gasteiger partial charge in [-0.1, -0.05) is 48.5 Å². The zero-order chi connectivity index (χ0) is 24.1. The molecular weight excluding hydrogens is 458 g/mol. The van der Waals surface area contributed by atoms with Crippen LogP contribution in [0.2, 0.25) is 0 Å². The summed E-state index contributed by atoms with van der Waals surface area (Å²) in [6.07, 6.45) is -0.952. The number of fused-ring (bicyclic) bond motifs is 1. The highest BCUT2D eigenvalue weighted by atomic mass is 32.2. The van der Waals surface area contributed by atoms with Crippen molar-refractivity contribution in [1.82, 2.24) is 15.6 Å². The van der Waals surface area contributed by atoms with Gasteiger partial charge in [-0.25, -0.2) is 13.1 Å². The van der Waals surface area contributed by atoms with Gasteiger partial charge in [0, 0.05) is 12.1 Å². The van der Waals surface area contributed by atoms with Crippen LogP contribution in [0, 0.1) is 6.92 Å². The number of amides is 2. The van der Waals surface area contributed by atoms with Crippen LogP contribution in [0.15, 0.2) is 77.7 Å². The average molecular weight is 482 g/mol. The van der Waals surface area contributed by atoms with Gasteiger partial charge in [-0.05, 0) is 42.3 Å². The highest BCUT2D eigenvalue weighted by molar-refractivity contribution is 7.89. The lowest BCUT2D eigenvalue weighted by molar-refractivity contribution is -0.131. The summed E-state index contributed by atoms with van der Waals surface area (Å²) in [6.45, 7) is 1.74. The summed E-state index contributed by atoms with van der Waals surface area (Å²) in [7, 11) is -3.88. The van der Waals surface area contributed by atoms with E-state index in [0.717, 1.165) is 5.56 Å². The van der Waals surface area contributed by atoms with Crippen LogP contribution in [-0.2, 0) is 21.4 Å². The molecule has 0 aromatic heterocycles. The van der Waals surface area contributed by atoms with Gasteiger partial charge in [0.2, 0.25) is 16.1 Å². The van der Waals surface area contributed by atoms with Crippen molar-refractivity contribution in [2.75, 3.05) is 6.61 Å². The Bertz CT molecular complexity index is 1310. The quantitative estimate of drug-likeness (QED) is 0.464. The van der Waals surface area contributed by atoms with E-state index in [2.05, 4.69) is 15.6 Å². The second-order valence-corrected chi connectivity index (χ2v) is 9.33. The Morgan fingerprint density at radius 2 is 1.65 bits per heavy atom. The third-order valence-electron chi connectivity index (χ3n) is 5.15. The lowest BCUT2D eigenvalue weighted by atomic mass is 10.1. The third-order valence-corrected chi connectivity index (χ3v) is 6.69. The summed E-state index contributed by atoms with van der Waals surface area (Å²) >= 11 is 0. The largest absolute Gasteiger partial charge is 0.485 e. The fourth-order valence-electron chi connectivity index (χ4n) is 3.30. The Labute approximate surface area is 197 Å². The van der Waals surface area contributed by atoms with E-state index in [0.29, 0.717) is 17.1 Å². The molecule has 1 aliphatic heterocycles. The third kappa shape index (κ3) is 5.36. The fraction of sp³-hybridized carbons (Fsp3) is 0.167. The number of rotatable bonds is 6. The molecule has 0 fully saturated rings. The van der Waals surface area contributed by atoms with Crippen molar-refractivity contribution in [3.8, 4) is 11.5 Å². The first-order chi connectivity index (χ1) is 16.3. The molecule has 0 saturated carbocycles. The monoisotopic (exact) mass is 481 g/mol. The normalized spacial score (nSPS) is 14.8. The van der Waals surface area contributed by atoms with Crippen LogP contribution < -0.4 is 25.0 Å². The number of nitrogens with one attached hydrogen (secondary N) is 3. The lowest BCUT2D eigenvalue weighted by Gasteiger charge is -2.25. The molecule has 9 nitrogen and oxygen atoms in total. The van der Waals surface area contributed by atoms with E-state index in [4.69, 9.17) is 9.47 Å². The maximum Gasteiger partial charge on any atom is 0.283 e. The van der Waals surface area contributed by atoms with Gasteiger partial charge in [-0.15, -0.1) is 0 Å². The molecule has 10 heteroatoms. The number of carbonyl (C=O) groups excluding carboxylic acids is 2. The van der Waals surface area contributed by atoms with Crippen molar-refractivity contribution in [3.63, 3.8) is 0 Å². The highest BCUT2D eigenvalue weighted by Crippen LogP contribution is 2.30. The van der Waals surface area contributed by atoms with Crippen LogP contribution in [0.5, 0.6) is 11.5 Å². The van der Waals surface area contributed by atoms with Gasteiger partial charge in [0.25, 0.3) is 11.8 Å². The van der Waals surface area contributed by atoms with Gasteiger partial charge in [0.15, 0.2) is 11.5 Å². The van der Waals surface area contributed by atoms with Crippen molar-refractivity contribution in [3.05, 3.63) is 89.5 Å². The zero-order valence-electron chi connectivity index (χ0n) is 18.3. The van der Waals surface area contributed by atoms with Crippen LogP contribution >= 0.6 is 0 Å². The highest BCUT2D eigenvalue weighted by Gasteiger charge is 2.28. The first-order valence-corrected chi connectivity index (χ1v) is 11.9. The number of sulfonamides is 1. The first kappa shape index (κ1) is 23.3. The van der Waals surface area contributed by atoms with E-state index in [1.165, 1.54) is 18.2 Å². The molecule has 0 radical (unpaired) electrons. The predicted octanol–water partition coefficient (Wildman–Crippen LogP) is 2.07. The molecule has 1 atom stereocenters. The molecule has 4 rings (SSSR count). The number of hydrogen-bond donors (Lipinski definition) is 3. The Morgan fingerprint density at radius 1 is 0.941 bits per heavy atom. The first-order valence-electron chi connectivity index (χ1n) is 10.5. The number of carbonyl (C=O) groups is 2. The maximum atomic E-state index is 12.8. The predicted molar refractivity (Wildman–Crippen MR) is 124 cm³/mol. The van der Waals surface area contributed by atoms with Gasteiger partial charge in [-0.3, -0.25) is 20.4 Å². The van der Waals surface area contributed by atoms with Crippen molar-refractivity contribution >= 4 is 21.8 Å². The number of ether oxygens (including phenoxy) is 2. The summed E-state index contributed by atoms with van der Waals surface area (Å²) in [5, 5.41) is 0. The Hall–Kier alpha value is -3.89. The van der Waals surface area contributed by atoms with Crippen LogP contribution in [0.25, 0.3) is 0 Å². The minimum atomic E-state index is -3.88. The second-order valence-electron chi connectivity index (χ2n) is 7.60. The van der Waals surface area contributed by atoms with E-state index in [9.17, 15) is 18.0 Å². The molecule has 1 aliphatic rings. The van der Waals surface area contributed by atoms with E-state index < -0.39 is 27.9 Å². The van der Waals surface area contributed by atoms with E-state index in [1.54, 1.807) is 31.2 Å².